The quantitative estimate of drug-likeness (QED) is 0.875. The van der Waals surface area contributed by atoms with E-state index in [9.17, 15) is 9.59 Å². The molecule has 6 heteroatoms. The first-order valence-corrected chi connectivity index (χ1v) is 7.01. The van der Waals surface area contributed by atoms with Gasteiger partial charge in [-0.25, -0.2) is 4.79 Å². The first kappa shape index (κ1) is 13.6. The second-order valence-electron chi connectivity index (χ2n) is 5.56. The van der Waals surface area contributed by atoms with Gasteiger partial charge in [0.15, 0.2) is 0 Å². The van der Waals surface area contributed by atoms with E-state index in [0.29, 0.717) is 13.0 Å². The van der Waals surface area contributed by atoms with Crippen LogP contribution in [0.4, 0.5) is 4.79 Å². The minimum atomic E-state index is -0.810. The molecule has 1 unspecified atom stereocenters. The van der Waals surface area contributed by atoms with E-state index in [1.165, 1.54) is 0 Å². The fourth-order valence-electron chi connectivity index (χ4n) is 2.80. The zero-order valence-corrected chi connectivity index (χ0v) is 12.4. The second-order valence-corrected chi connectivity index (χ2v) is 5.56. The molecule has 0 bridgehead atoms. The number of hydrogen-bond acceptors (Lipinski definition) is 3. The van der Waals surface area contributed by atoms with Crippen LogP contribution < -0.4 is 5.32 Å². The van der Waals surface area contributed by atoms with Crippen LogP contribution in [0.1, 0.15) is 26.0 Å². The molecule has 110 valence electrons. The Hall–Kier alpha value is -2.37. The van der Waals surface area contributed by atoms with Crippen molar-refractivity contribution >= 4 is 22.8 Å². The maximum Gasteiger partial charge on any atom is 0.325 e. The van der Waals surface area contributed by atoms with Gasteiger partial charge in [-0.05, 0) is 19.4 Å². The molecule has 0 spiro atoms. The molecular formula is C15H18N4O2. The summed E-state index contributed by atoms with van der Waals surface area (Å²) in [4.78, 5) is 25.6. The minimum absolute atomic E-state index is 0.241. The average Bonchev–Trinajstić information content (AvgIpc) is 2.90. The third kappa shape index (κ3) is 1.90. The van der Waals surface area contributed by atoms with Gasteiger partial charge < -0.3 is 4.90 Å². The molecule has 0 aliphatic carbocycles. The Morgan fingerprint density at radius 2 is 2.00 bits per heavy atom. The first-order valence-electron chi connectivity index (χ1n) is 7.01. The highest BCUT2D eigenvalue weighted by Crippen LogP contribution is 2.28. The van der Waals surface area contributed by atoms with E-state index in [0.717, 1.165) is 16.6 Å². The summed E-state index contributed by atoms with van der Waals surface area (Å²) in [6.45, 7) is 4.02. The van der Waals surface area contributed by atoms with Gasteiger partial charge in [0, 0.05) is 12.4 Å². The number of para-hydroxylation sites is 1. The Balaban J connectivity index is 2.02. The van der Waals surface area contributed by atoms with E-state index in [1.54, 1.807) is 16.5 Å². The molecule has 21 heavy (non-hydrogen) atoms. The monoisotopic (exact) mass is 286 g/mol. The van der Waals surface area contributed by atoms with E-state index in [4.69, 9.17) is 0 Å². The highest BCUT2D eigenvalue weighted by atomic mass is 16.2. The number of imide groups is 1. The van der Waals surface area contributed by atoms with E-state index in [2.05, 4.69) is 10.4 Å². The second kappa shape index (κ2) is 4.58. The standard InChI is InChI=1S/C15H18N4O2/c1-4-15(2)13(20)16-14(21)19(15)9-11-10-7-5-6-8-12(10)18(3)17-11/h5-8H,4,9H2,1-3H3,(H,16,20,21). The van der Waals surface area contributed by atoms with Crippen LogP contribution in [0.25, 0.3) is 10.9 Å². The Labute approximate surface area is 122 Å². The molecule has 6 nitrogen and oxygen atoms in total. The van der Waals surface area contributed by atoms with Crippen LogP contribution >= 0.6 is 0 Å². The Kier molecular flexibility index (Phi) is 2.97. The van der Waals surface area contributed by atoms with E-state index >= 15 is 0 Å². The molecule has 1 saturated heterocycles. The third-order valence-electron chi connectivity index (χ3n) is 4.38. The van der Waals surface area contributed by atoms with Crippen LogP contribution in [-0.4, -0.2) is 32.2 Å². The van der Waals surface area contributed by atoms with Gasteiger partial charge in [0.25, 0.3) is 5.91 Å². The summed E-state index contributed by atoms with van der Waals surface area (Å²) in [6, 6.07) is 7.52. The number of urea groups is 1. The third-order valence-corrected chi connectivity index (χ3v) is 4.38. The molecule has 1 N–H and O–H groups in total. The van der Waals surface area contributed by atoms with Gasteiger partial charge in [-0.1, -0.05) is 25.1 Å². The van der Waals surface area contributed by atoms with E-state index in [-0.39, 0.29) is 11.9 Å². The molecule has 1 aromatic carbocycles. The number of nitrogens with zero attached hydrogens (tertiary/aromatic N) is 3. The summed E-state index contributed by atoms with van der Waals surface area (Å²) < 4.78 is 1.80. The van der Waals surface area contributed by atoms with Crippen molar-refractivity contribution in [1.82, 2.24) is 20.0 Å². The minimum Gasteiger partial charge on any atom is -0.304 e. The fraction of sp³-hybridized carbons (Fsp3) is 0.400. The number of amides is 3. The largest absolute Gasteiger partial charge is 0.325 e. The maximum atomic E-state index is 12.1. The normalized spacial score (nSPS) is 22.1. The zero-order valence-electron chi connectivity index (χ0n) is 12.4. The molecule has 2 aromatic rings. The molecule has 0 radical (unpaired) electrons. The van der Waals surface area contributed by atoms with Gasteiger partial charge in [-0.15, -0.1) is 0 Å². The van der Waals surface area contributed by atoms with Crippen molar-refractivity contribution in [2.75, 3.05) is 0 Å². The van der Waals surface area contributed by atoms with Crippen LogP contribution in [0.15, 0.2) is 24.3 Å². The summed E-state index contributed by atoms with van der Waals surface area (Å²) in [7, 11) is 1.88. The Morgan fingerprint density at radius 3 is 2.71 bits per heavy atom. The van der Waals surface area contributed by atoms with Crippen molar-refractivity contribution in [3.8, 4) is 0 Å². The molecule has 1 aliphatic rings. The molecule has 1 fully saturated rings. The smallest absolute Gasteiger partial charge is 0.304 e. The number of carbonyl (C=O) groups excluding carboxylic acids is 2. The predicted octanol–water partition coefficient (Wildman–Crippen LogP) is 1.79. The van der Waals surface area contributed by atoms with Crippen molar-refractivity contribution in [2.24, 2.45) is 7.05 Å². The number of aromatic nitrogens is 2. The lowest BCUT2D eigenvalue weighted by atomic mass is 9.97. The molecule has 2 heterocycles. The number of rotatable bonds is 3. The van der Waals surface area contributed by atoms with Gasteiger partial charge >= 0.3 is 6.03 Å². The van der Waals surface area contributed by atoms with Crippen molar-refractivity contribution in [1.29, 1.82) is 0 Å². The molecule has 0 saturated carbocycles. The summed E-state index contributed by atoms with van der Waals surface area (Å²) in [5.41, 5.74) is 1.00. The zero-order chi connectivity index (χ0) is 15.2. The lowest BCUT2D eigenvalue weighted by molar-refractivity contribution is -0.126. The first-order chi connectivity index (χ1) is 9.97. The van der Waals surface area contributed by atoms with Crippen molar-refractivity contribution < 1.29 is 9.59 Å². The van der Waals surface area contributed by atoms with E-state index < -0.39 is 5.54 Å². The summed E-state index contributed by atoms with van der Waals surface area (Å²) in [5.74, 6) is -0.241. The van der Waals surface area contributed by atoms with E-state index in [1.807, 2.05) is 38.2 Å². The number of benzene rings is 1. The summed E-state index contributed by atoms with van der Waals surface area (Å²) in [6.07, 6.45) is 0.565. The Bertz CT molecular complexity index is 736. The van der Waals surface area contributed by atoms with Crippen LogP contribution in [0.5, 0.6) is 0 Å². The van der Waals surface area contributed by atoms with Crippen molar-refractivity contribution in [2.45, 2.75) is 32.4 Å². The van der Waals surface area contributed by atoms with Crippen LogP contribution in [-0.2, 0) is 18.4 Å². The molecule has 3 amide bonds. The topological polar surface area (TPSA) is 67.2 Å². The number of carbonyl (C=O) groups is 2. The Morgan fingerprint density at radius 1 is 1.29 bits per heavy atom. The summed E-state index contributed by atoms with van der Waals surface area (Å²) >= 11 is 0. The van der Waals surface area contributed by atoms with Crippen LogP contribution in [0.2, 0.25) is 0 Å². The maximum absolute atomic E-state index is 12.1. The SMILES string of the molecule is CCC1(C)C(=O)NC(=O)N1Cc1nn(C)c2ccccc12. The molecule has 1 atom stereocenters. The highest BCUT2D eigenvalue weighted by molar-refractivity contribution is 6.06. The number of nitrogens with one attached hydrogen (secondary N) is 1. The van der Waals surface area contributed by atoms with Gasteiger partial charge in [-0.3, -0.25) is 14.8 Å². The molecular weight excluding hydrogens is 268 g/mol. The average molecular weight is 286 g/mol. The van der Waals surface area contributed by atoms with Crippen LogP contribution in [0.3, 0.4) is 0 Å². The fourth-order valence-corrected chi connectivity index (χ4v) is 2.80. The van der Waals surface area contributed by atoms with Gasteiger partial charge in [-0.2, -0.15) is 5.10 Å². The van der Waals surface area contributed by atoms with Gasteiger partial charge in [0.2, 0.25) is 0 Å². The van der Waals surface area contributed by atoms with Crippen molar-refractivity contribution in [3.63, 3.8) is 0 Å². The highest BCUT2D eigenvalue weighted by Gasteiger charge is 2.48. The molecule has 3 rings (SSSR count). The molecule has 1 aromatic heterocycles. The number of fused-ring (bicyclic) bond motifs is 1. The lowest BCUT2D eigenvalue weighted by Gasteiger charge is -2.30. The summed E-state index contributed by atoms with van der Waals surface area (Å²) in [5, 5.41) is 7.90. The molecule has 1 aliphatic heterocycles. The van der Waals surface area contributed by atoms with Crippen molar-refractivity contribution in [3.05, 3.63) is 30.0 Å². The lowest BCUT2D eigenvalue weighted by Crippen LogP contribution is -2.46. The predicted molar refractivity (Wildman–Crippen MR) is 78.5 cm³/mol. The number of aryl methyl sites for hydroxylation is 1. The van der Waals surface area contributed by atoms with Gasteiger partial charge in [0.05, 0.1) is 17.8 Å². The van der Waals surface area contributed by atoms with Crippen LogP contribution in [0, 0.1) is 0 Å². The number of hydrogen-bond donors (Lipinski definition) is 1. The van der Waals surface area contributed by atoms with Gasteiger partial charge in [0.1, 0.15) is 5.54 Å².